The van der Waals surface area contributed by atoms with Gasteiger partial charge in [0.25, 0.3) is 0 Å². The highest BCUT2D eigenvalue weighted by Crippen LogP contribution is 2.33. The molecule has 0 radical (unpaired) electrons. The molecule has 0 amide bonds. The summed E-state index contributed by atoms with van der Waals surface area (Å²) in [5.41, 5.74) is 0.155. The number of hydrogen-bond acceptors (Lipinski definition) is 4. The zero-order chi connectivity index (χ0) is 14.5. The molecule has 5 heteroatoms. The lowest BCUT2D eigenvalue weighted by Crippen LogP contribution is -2.38. The second-order valence-electron chi connectivity index (χ2n) is 4.89. The molecule has 0 aromatic heterocycles. The average molecular weight is 279 g/mol. The Morgan fingerprint density at radius 2 is 2.10 bits per heavy atom. The number of likely N-dealkylation sites (tertiary alicyclic amines) is 1. The SMILES string of the molecule is CCN1CCC(Oc2c(OC)cccc2C(=O)O)CC1. The zero-order valence-corrected chi connectivity index (χ0v) is 12.0. The molecule has 110 valence electrons. The molecule has 1 heterocycles. The maximum Gasteiger partial charge on any atom is 0.339 e. The van der Waals surface area contributed by atoms with Gasteiger partial charge in [-0.1, -0.05) is 13.0 Å². The minimum Gasteiger partial charge on any atom is -0.493 e. The van der Waals surface area contributed by atoms with Crippen LogP contribution in [0.1, 0.15) is 30.1 Å². The first-order chi connectivity index (χ1) is 9.65. The van der Waals surface area contributed by atoms with Crippen molar-refractivity contribution in [2.45, 2.75) is 25.9 Å². The number of benzene rings is 1. The van der Waals surface area contributed by atoms with E-state index in [-0.39, 0.29) is 11.7 Å². The van der Waals surface area contributed by atoms with E-state index in [1.165, 1.54) is 7.11 Å². The van der Waals surface area contributed by atoms with E-state index < -0.39 is 5.97 Å². The van der Waals surface area contributed by atoms with Crippen LogP contribution in [0.2, 0.25) is 0 Å². The van der Waals surface area contributed by atoms with E-state index in [1.807, 2.05) is 0 Å². The maximum atomic E-state index is 11.3. The van der Waals surface area contributed by atoms with Crippen LogP contribution >= 0.6 is 0 Å². The van der Waals surface area contributed by atoms with Gasteiger partial charge in [0, 0.05) is 13.1 Å². The summed E-state index contributed by atoms with van der Waals surface area (Å²) in [7, 11) is 1.52. The summed E-state index contributed by atoms with van der Waals surface area (Å²) in [5, 5.41) is 9.25. The maximum absolute atomic E-state index is 11.3. The van der Waals surface area contributed by atoms with Crippen molar-refractivity contribution >= 4 is 5.97 Å². The van der Waals surface area contributed by atoms with E-state index in [0.29, 0.717) is 11.5 Å². The molecular weight excluding hydrogens is 258 g/mol. The Morgan fingerprint density at radius 1 is 1.40 bits per heavy atom. The van der Waals surface area contributed by atoms with Gasteiger partial charge in [-0.25, -0.2) is 4.79 Å². The first kappa shape index (κ1) is 14.7. The molecule has 0 bridgehead atoms. The van der Waals surface area contributed by atoms with Crippen molar-refractivity contribution < 1.29 is 19.4 Å². The van der Waals surface area contributed by atoms with Crippen LogP contribution in [0.5, 0.6) is 11.5 Å². The summed E-state index contributed by atoms with van der Waals surface area (Å²) >= 11 is 0. The van der Waals surface area contributed by atoms with E-state index in [0.717, 1.165) is 32.5 Å². The monoisotopic (exact) mass is 279 g/mol. The van der Waals surface area contributed by atoms with Gasteiger partial charge >= 0.3 is 5.97 Å². The Hall–Kier alpha value is -1.75. The number of nitrogens with zero attached hydrogens (tertiary/aromatic N) is 1. The van der Waals surface area contributed by atoms with Crippen molar-refractivity contribution in [3.8, 4) is 11.5 Å². The van der Waals surface area contributed by atoms with Crippen molar-refractivity contribution in [1.29, 1.82) is 0 Å². The normalized spacial score (nSPS) is 16.9. The van der Waals surface area contributed by atoms with Gasteiger partial charge in [-0.05, 0) is 31.5 Å². The van der Waals surface area contributed by atoms with Crippen LogP contribution in [-0.4, -0.2) is 48.8 Å². The molecule has 1 aromatic carbocycles. The molecule has 0 spiro atoms. The Morgan fingerprint density at radius 3 is 2.65 bits per heavy atom. The summed E-state index contributed by atoms with van der Waals surface area (Å²) in [4.78, 5) is 13.6. The van der Waals surface area contributed by atoms with Gasteiger partial charge in [0.2, 0.25) is 0 Å². The van der Waals surface area contributed by atoms with E-state index in [2.05, 4.69) is 11.8 Å². The minimum atomic E-state index is -0.995. The quantitative estimate of drug-likeness (QED) is 0.896. The number of piperidine rings is 1. The third-order valence-corrected chi connectivity index (χ3v) is 3.70. The van der Waals surface area contributed by atoms with Crippen LogP contribution in [0.25, 0.3) is 0 Å². The van der Waals surface area contributed by atoms with Gasteiger partial charge in [0.05, 0.1) is 7.11 Å². The highest BCUT2D eigenvalue weighted by molar-refractivity contribution is 5.92. The second-order valence-corrected chi connectivity index (χ2v) is 4.89. The Bertz CT molecular complexity index is 467. The number of rotatable bonds is 5. The van der Waals surface area contributed by atoms with Crippen LogP contribution in [-0.2, 0) is 0 Å². The first-order valence-electron chi connectivity index (χ1n) is 6.95. The van der Waals surface area contributed by atoms with Crippen LogP contribution in [0, 0.1) is 0 Å². The molecule has 1 aromatic rings. The zero-order valence-electron chi connectivity index (χ0n) is 12.0. The number of carboxylic acid groups (broad SMARTS) is 1. The molecule has 5 nitrogen and oxygen atoms in total. The van der Waals surface area contributed by atoms with Crippen molar-refractivity contribution in [3.05, 3.63) is 23.8 Å². The third kappa shape index (κ3) is 3.22. The van der Waals surface area contributed by atoms with Crippen LogP contribution in [0.15, 0.2) is 18.2 Å². The number of carboxylic acids is 1. The molecule has 1 N–H and O–H groups in total. The van der Waals surface area contributed by atoms with Gasteiger partial charge in [0.1, 0.15) is 11.7 Å². The predicted octanol–water partition coefficient (Wildman–Crippen LogP) is 2.26. The number of methoxy groups -OCH3 is 1. The first-order valence-corrected chi connectivity index (χ1v) is 6.95. The topological polar surface area (TPSA) is 59.0 Å². The molecule has 1 saturated heterocycles. The van der Waals surface area contributed by atoms with Crippen LogP contribution in [0.3, 0.4) is 0 Å². The highest BCUT2D eigenvalue weighted by Gasteiger charge is 2.23. The molecule has 0 unspecified atom stereocenters. The Balaban J connectivity index is 2.14. The van der Waals surface area contributed by atoms with Crippen LogP contribution < -0.4 is 9.47 Å². The average Bonchev–Trinajstić information content (AvgIpc) is 2.48. The number of carbonyl (C=O) groups is 1. The van der Waals surface area contributed by atoms with Gasteiger partial charge in [0.15, 0.2) is 11.5 Å². The van der Waals surface area contributed by atoms with Gasteiger partial charge in [-0.3, -0.25) is 0 Å². The van der Waals surface area contributed by atoms with E-state index in [9.17, 15) is 9.90 Å². The smallest absolute Gasteiger partial charge is 0.339 e. The lowest BCUT2D eigenvalue weighted by atomic mass is 10.1. The highest BCUT2D eigenvalue weighted by atomic mass is 16.5. The fraction of sp³-hybridized carbons (Fsp3) is 0.533. The second kappa shape index (κ2) is 6.61. The molecule has 0 saturated carbocycles. The number of ether oxygens (including phenoxy) is 2. The summed E-state index contributed by atoms with van der Waals surface area (Å²) in [5.74, 6) is -0.176. The van der Waals surface area contributed by atoms with E-state index >= 15 is 0 Å². The fourth-order valence-electron chi connectivity index (χ4n) is 2.48. The Kier molecular flexibility index (Phi) is 4.84. The van der Waals surface area contributed by atoms with Crippen molar-refractivity contribution in [2.24, 2.45) is 0 Å². The van der Waals surface area contributed by atoms with Crippen LogP contribution in [0.4, 0.5) is 0 Å². The number of para-hydroxylation sites is 1. The van der Waals surface area contributed by atoms with Gasteiger partial charge in [-0.2, -0.15) is 0 Å². The lowest BCUT2D eigenvalue weighted by molar-refractivity contribution is 0.0675. The summed E-state index contributed by atoms with van der Waals surface area (Å²) in [6.07, 6.45) is 1.86. The van der Waals surface area contributed by atoms with Gasteiger partial charge < -0.3 is 19.5 Å². The Labute approximate surface area is 119 Å². The standard InChI is InChI=1S/C15H21NO4/c1-3-16-9-7-11(8-10-16)20-14-12(15(17)18)5-4-6-13(14)19-2/h4-6,11H,3,7-10H2,1-2H3,(H,17,18). The van der Waals surface area contributed by atoms with Crippen molar-refractivity contribution in [2.75, 3.05) is 26.7 Å². The fourth-order valence-corrected chi connectivity index (χ4v) is 2.48. The largest absolute Gasteiger partial charge is 0.493 e. The molecule has 1 aliphatic heterocycles. The lowest BCUT2D eigenvalue weighted by Gasteiger charge is -2.31. The summed E-state index contributed by atoms with van der Waals surface area (Å²) in [6.45, 7) is 5.16. The number of aromatic carboxylic acids is 1. The number of hydrogen-bond donors (Lipinski definition) is 1. The van der Waals surface area contributed by atoms with Gasteiger partial charge in [-0.15, -0.1) is 0 Å². The van der Waals surface area contributed by atoms with Crippen molar-refractivity contribution in [3.63, 3.8) is 0 Å². The van der Waals surface area contributed by atoms with Crippen molar-refractivity contribution in [1.82, 2.24) is 4.90 Å². The molecule has 1 fully saturated rings. The van der Waals surface area contributed by atoms with E-state index in [4.69, 9.17) is 9.47 Å². The summed E-state index contributed by atoms with van der Waals surface area (Å²) < 4.78 is 11.2. The molecule has 1 aliphatic rings. The molecule has 2 rings (SSSR count). The molecular formula is C15H21NO4. The third-order valence-electron chi connectivity index (χ3n) is 3.70. The summed E-state index contributed by atoms with van der Waals surface area (Å²) in [6, 6.07) is 4.93. The molecule has 0 atom stereocenters. The predicted molar refractivity (Wildman–Crippen MR) is 75.7 cm³/mol. The minimum absolute atomic E-state index is 0.0483. The molecule has 0 aliphatic carbocycles. The van der Waals surface area contributed by atoms with E-state index in [1.54, 1.807) is 18.2 Å². The molecule has 20 heavy (non-hydrogen) atoms.